The average molecular weight is 348 g/mol. The molecule has 3 rings (SSSR count). The Morgan fingerprint density at radius 1 is 0.885 bits per heavy atom. The molecule has 0 saturated carbocycles. The molecule has 0 bridgehead atoms. The second kappa shape index (κ2) is 8.32. The van der Waals surface area contributed by atoms with Crippen LogP contribution in [0.3, 0.4) is 0 Å². The van der Waals surface area contributed by atoms with E-state index < -0.39 is 5.97 Å². The number of hydrogen-bond donors (Lipinski definition) is 2. The van der Waals surface area contributed by atoms with Gasteiger partial charge in [0.25, 0.3) is 0 Å². The highest BCUT2D eigenvalue weighted by atomic mass is 16.5. The van der Waals surface area contributed by atoms with Gasteiger partial charge >= 0.3 is 5.97 Å². The van der Waals surface area contributed by atoms with Gasteiger partial charge in [-0.25, -0.2) is 4.79 Å². The van der Waals surface area contributed by atoms with Crippen LogP contribution < -0.4 is 0 Å². The highest BCUT2D eigenvalue weighted by Gasteiger charge is 2.17. The van der Waals surface area contributed by atoms with Crippen molar-refractivity contribution in [2.75, 3.05) is 0 Å². The summed E-state index contributed by atoms with van der Waals surface area (Å²) in [5.74, 6) is -1.41. The number of carboxylic acid groups (broad SMARTS) is 1. The summed E-state index contributed by atoms with van der Waals surface area (Å²) < 4.78 is 6.11. The Labute approximate surface area is 152 Å². The van der Waals surface area contributed by atoms with Gasteiger partial charge in [0.15, 0.2) is 0 Å². The monoisotopic (exact) mass is 348 g/mol. The number of carboxylic acids is 1. The number of benzene rings is 3. The molecule has 0 fully saturated rings. The first-order valence-corrected chi connectivity index (χ1v) is 8.39. The van der Waals surface area contributed by atoms with E-state index in [0.29, 0.717) is 13.0 Å². The van der Waals surface area contributed by atoms with E-state index in [0.717, 1.165) is 16.7 Å². The smallest absolute Gasteiger partial charge is 0.339 e. The van der Waals surface area contributed by atoms with E-state index in [4.69, 9.17) is 9.84 Å². The zero-order valence-electron chi connectivity index (χ0n) is 14.2. The molecular weight excluding hydrogens is 328 g/mol. The van der Waals surface area contributed by atoms with Crippen molar-refractivity contribution in [1.29, 1.82) is 0 Å². The van der Waals surface area contributed by atoms with E-state index in [2.05, 4.69) is 0 Å². The van der Waals surface area contributed by atoms with E-state index in [1.165, 1.54) is 12.1 Å². The summed E-state index contributed by atoms with van der Waals surface area (Å²) in [6.45, 7) is 0.430. The summed E-state index contributed by atoms with van der Waals surface area (Å²) in [5, 5.41) is 19.1. The zero-order chi connectivity index (χ0) is 18.4. The van der Waals surface area contributed by atoms with Crippen LogP contribution in [0.5, 0.6) is 5.75 Å². The van der Waals surface area contributed by atoms with Crippen molar-refractivity contribution in [3.63, 3.8) is 0 Å². The lowest BCUT2D eigenvalue weighted by atomic mass is 9.99. The van der Waals surface area contributed by atoms with E-state index in [1.807, 2.05) is 60.7 Å². The fourth-order valence-corrected chi connectivity index (χ4v) is 2.80. The first-order chi connectivity index (χ1) is 12.6. The van der Waals surface area contributed by atoms with Gasteiger partial charge in [0, 0.05) is 6.42 Å². The molecule has 0 heterocycles. The largest absolute Gasteiger partial charge is 0.507 e. The quantitative estimate of drug-likeness (QED) is 0.655. The zero-order valence-corrected chi connectivity index (χ0v) is 14.2. The van der Waals surface area contributed by atoms with E-state index in [-0.39, 0.29) is 17.4 Å². The topological polar surface area (TPSA) is 66.8 Å². The molecular formula is C22H20O4. The maximum Gasteiger partial charge on any atom is 0.339 e. The minimum absolute atomic E-state index is 0.115. The van der Waals surface area contributed by atoms with Gasteiger partial charge in [0.1, 0.15) is 11.3 Å². The van der Waals surface area contributed by atoms with E-state index >= 15 is 0 Å². The minimum atomic E-state index is -1.15. The van der Waals surface area contributed by atoms with Gasteiger partial charge in [0.05, 0.1) is 12.7 Å². The lowest BCUT2D eigenvalue weighted by molar-refractivity contribution is 0.0397. The second-order valence-electron chi connectivity index (χ2n) is 6.06. The molecule has 0 amide bonds. The average Bonchev–Trinajstić information content (AvgIpc) is 2.66. The number of phenols is 1. The first kappa shape index (κ1) is 17.7. The predicted octanol–water partition coefficient (Wildman–Crippen LogP) is 4.59. The molecule has 4 heteroatoms. The maximum atomic E-state index is 11.1. The van der Waals surface area contributed by atoms with Gasteiger partial charge in [-0.3, -0.25) is 0 Å². The Balaban J connectivity index is 1.84. The Kier molecular flexibility index (Phi) is 5.66. The number of aromatic carboxylic acids is 1. The Bertz CT molecular complexity index is 860. The molecule has 3 aromatic carbocycles. The van der Waals surface area contributed by atoms with Crippen LogP contribution in [0.2, 0.25) is 0 Å². The lowest BCUT2D eigenvalue weighted by Gasteiger charge is -2.19. The summed E-state index contributed by atoms with van der Waals surface area (Å²) in [5.41, 5.74) is 2.78. The van der Waals surface area contributed by atoms with Crippen LogP contribution in [0, 0.1) is 0 Å². The minimum Gasteiger partial charge on any atom is -0.507 e. The van der Waals surface area contributed by atoms with Crippen molar-refractivity contribution in [2.24, 2.45) is 0 Å². The Hall–Kier alpha value is -3.11. The van der Waals surface area contributed by atoms with Gasteiger partial charge in [-0.2, -0.15) is 0 Å². The van der Waals surface area contributed by atoms with Crippen LogP contribution in [0.4, 0.5) is 0 Å². The van der Waals surface area contributed by atoms with Crippen molar-refractivity contribution in [3.05, 3.63) is 101 Å². The first-order valence-electron chi connectivity index (χ1n) is 8.39. The Morgan fingerprint density at radius 2 is 1.50 bits per heavy atom. The van der Waals surface area contributed by atoms with Crippen molar-refractivity contribution in [1.82, 2.24) is 0 Å². The molecule has 132 valence electrons. The van der Waals surface area contributed by atoms with Crippen LogP contribution in [-0.2, 0) is 17.8 Å². The molecule has 0 aromatic heterocycles. The van der Waals surface area contributed by atoms with Crippen molar-refractivity contribution in [3.8, 4) is 5.75 Å². The molecule has 3 aromatic rings. The molecule has 0 aliphatic carbocycles. The molecule has 0 saturated heterocycles. The SMILES string of the molecule is O=C(O)c1ccc(C(Cc2ccccc2)OCc2ccccc2)cc1O. The fraction of sp³-hybridized carbons (Fsp3) is 0.136. The predicted molar refractivity (Wildman–Crippen MR) is 99.2 cm³/mol. The fourth-order valence-electron chi connectivity index (χ4n) is 2.80. The Morgan fingerprint density at radius 3 is 2.08 bits per heavy atom. The number of ether oxygens (including phenoxy) is 1. The highest BCUT2D eigenvalue weighted by Crippen LogP contribution is 2.28. The standard InChI is InChI=1S/C22H20O4/c23-20-14-18(11-12-19(20)22(24)25)21(13-16-7-3-1-4-8-16)26-15-17-9-5-2-6-10-17/h1-12,14,21,23H,13,15H2,(H,24,25). The summed E-state index contributed by atoms with van der Waals surface area (Å²) in [7, 11) is 0. The summed E-state index contributed by atoms with van der Waals surface area (Å²) >= 11 is 0. The molecule has 4 nitrogen and oxygen atoms in total. The van der Waals surface area contributed by atoms with Crippen molar-refractivity contribution in [2.45, 2.75) is 19.1 Å². The number of rotatable bonds is 7. The number of aromatic hydroxyl groups is 1. The second-order valence-corrected chi connectivity index (χ2v) is 6.06. The van der Waals surface area contributed by atoms with E-state index in [9.17, 15) is 9.90 Å². The molecule has 1 unspecified atom stereocenters. The van der Waals surface area contributed by atoms with Crippen molar-refractivity contribution >= 4 is 5.97 Å². The molecule has 0 radical (unpaired) electrons. The number of hydrogen-bond acceptors (Lipinski definition) is 3. The van der Waals surface area contributed by atoms with Crippen LogP contribution in [0.1, 0.15) is 33.2 Å². The van der Waals surface area contributed by atoms with Crippen LogP contribution in [0.15, 0.2) is 78.9 Å². The van der Waals surface area contributed by atoms with Gasteiger partial charge in [-0.1, -0.05) is 66.7 Å². The third-order valence-electron chi connectivity index (χ3n) is 4.18. The third-order valence-corrected chi connectivity index (χ3v) is 4.18. The molecule has 0 aliphatic heterocycles. The molecule has 26 heavy (non-hydrogen) atoms. The van der Waals surface area contributed by atoms with Gasteiger partial charge in [-0.15, -0.1) is 0 Å². The van der Waals surface area contributed by atoms with Gasteiger partial charge < -0.3 is 14.9 Å². The van der Waals surface area contributed by atoms with Crippen LogP contribution >= 0.6 is 0 Å². The maximum absolute atomic E-state index is 11.1. The normalized spacial score (nSPS) is 11.8. The summed E-state index contributed by atoms with van der Waals surface area (Å²) in [4.78, 5) is 11.1. The lowest BCUT2D eigenvalue weighted by Crippen LogP contribution is -2.09. The van der Waals surface area contributed by atoms with Crippen molar-refractivity contribution < 1.29 is 19.7 Å². The van der Waals surface area contributed by atoms with Crippen LogP contribution in [-0.4, -0.2) is 16.2 Å². The molecule has 0 spiro atoms. The summed E-state index contributed by atoms with van der Waals surface area (Å²) in [6, 6.07) is 24.4. The van der Waals surface area contributed by atoms with Gasteiger partial charge in [0.2, 0.25) is 0 Å². The molecule has 2 N–H and O–H groups in total. The molecule has 0 aliphatic rings. The summed E-state index contributed by atoms with van der Waals surface area (Å²) in [6.07, 6.45) is 0.325. The van der Waals surface area contributed by atoms with Crippen LogP contribution in [0.25, 0.3) is 0 Å². The highest BCUT2D eigenvalue weighted by molar-refractivity contribution is 5.90. The number of carbonyl (C=O) groups is 1. The molecule has 1 atom stereocenters. The third kappa shape index (κ3) is 4.49. The van der Waals surface area contributed by atoms with Gasteiger partial charge in [-0.05, 0) is 28.8 Å². The van der Waals surface area contributed by atoms with E-state index in [1.54, 1.807) is 6.07 Å².